The molecule has 2 fully saturated rings. The molecule has 0 aromatic heterocycles. The summed E-state index contributed by atoms with van der Waals surface area (Å²) in [6.45, 7) is 1.47. The van der Waals surface area contributed by atoms with Crippen LogP contribution in [-0.4, -0.2) is 41.3 Å². The Morgan fingerprint density at radius 1 is 1.20 bits per heavy atom. The van der Waals surface area contributed by atoms with Crippen LogP contribution < -0.4 is 5.32 Å². The van der Waals surface area contributed by atoms with E-state index in [1.807, 2.05) is 4.90 Å². The molecule has 1 aliphatic heterocycles. The molecule has 25 heavy (non-hydrogen) atoms. The van der Waals surface area contributed by atoms with Crippen LogP contribution in [-0.2, 0) is 4.79 Å². The molecule has 1 heterocycles. The standard InChI is InChI=1S/C18H23N3O4/c22-17(20-9-8-13-4-1-2-5-15(13)12-20)11-19-18(23)14-6-3-7-16(10-14)21(24)25/h3,6-7,10,13,15H,1-2,4-5,8-9,11-12H2,(H,19,23)/t13-,15-/m0/s1. The van der Waals surface area contributed by atoms with Gasteiger partial charge in [-0.25, -0.2) is 0 Å². The molecule has 1 aromatic carbocycles. The van der Waals surface area contributed by atoms with Crippen LogP contribution in [0.3, 0.4) is 0 Å². The minimum Gasteiger partial charge on any atom is -0.343 e. The van der Waals surface area contributed by atoms with Gasteiger partial charge in [0.1, 0.15) is 0 Å². The van der Waals surface area contributed by atoms with Gasteiger partial charge in [-0.15, -0.1) is 0 Å². The Labute approximate surface area is 146 Å². The van der Waals surface area contributed by atoms with Gasteiger partial charge in [0.15, 0.2) is 0 Å². The number of non-ortho nitro benzene ring substituents is 1. The zero-order valence-electron chi connectivity index (χ0n) is 14.1. The van der Waals surface area contributed by atoms with Crippen LogP contribution in [0.5, 0.6) is 0 Å². The Morgan fingerprint density at radius 2 is 1.96 bits per heavy atom. The summed E-state index contributed by atoms with van der Waals surface area (Å²) in [6.07, 6.45) is 6.06. The van der Waals surface area contributed by atoms with Crippen molar-refractivity contribution in [1.29, 1.82) is 0 Å². The number of amides is 2. The van der Waals surface area contributed by atoms with E-state index in [-0.39, 0.29) is 23.7 Å². The summed E-state index contributed by atoms with van der Waals surface area (Å²) in [7, 11) is 0. The van der Waals surface area contributed by atoms with Crippen molar-refractivity contribution in [2.75, 3.05) is 19.6 Å². The van der Waals surface area contributed by atoms with Crippen LogP contribution >= 0.6 is 0 Å². The number of likely N-dealkylation sites (tertiary alicyclic amines) is 1. The fraction of sp³-hybridized carbons (Fsp3) is 0.556. The summed E-state index contributed by atoms with van der Waals surface area (Å²) in [4.78, 5) is 36.6. The van der Waals surface area contributed by atoms with E-state index < -0.39 is 10.8 Å². The number of piperidine rings is 1. The van der Waals surface area contributed by atoms with E-state index in [2.05, 4.69) is 5.32 Å². The van der Waals surface area contributed by atoms with Crippen molar-refractivity contribution >= 4 is 17.5 Å². The lowest BCUT2D eigenvalue weighted by atomic mass is 9.75. The van der Waals surface area contributed by atoms with Gasteiger partial charge in [-0.3, -0.25) is 19.7 Å². The van der Waals surface area contributed by atoms with E-state index in [0.29, 0.717) is 5.92 Å². The summed E-state index contributed by atoms with van der Waals surface area (Å²) in [5, 5.41) is 13.4. The SMILES string of the molecule is O=C(NCC(=O)N1CC[C@@H]2CCCC[C@H]2C1)c1cccc([N+](=O)[O-])c1. The largest absolute Gasteiger partial charge is 0.343 e. The van der Waals surface area contributed by atoms with Crippen molar-refractivity contribution in [2.24, 2.45) is 11.8 Å². The number of carbonyl (C=O) groups is 2. The van der Waals surface area contributed by atoms with Gasteiger partial charge in [0.2, 0.25) is 5.91 Å². The fourth-order valence-electron chi connectivity index (χ4n) is 3.96. The molecule has 3 rings (SSSR count). The van der Waals surface area contributed by atoms with Gasteiger partial charge in [-0.1, -0.05) is 25.3 Å². The third-order valence-corrected chi connectivity index (χ3v) is 5.36. The molecular weight excluding hydrogens is 322 g/mol. The average Bonchev–Trinajstić information content (AvgIpc) is 2.65. The van der Waals surface area contributed by atoms with Crippen LogP contribution in [0.2, 0.25) is 0 Å². The van der Waals surface area contributed by atoms with Crippen molar-refractivity contribution in [1.82, 2.24) is 10.2 Å². The Balaban J connectivity index is 1.52. The first-order chi connectivity index (χ1) is 12.0. The second-order valence-corrected chi connectivity index (χ2v) is 6.92. The number of nitro benzene ring substituents is 1. The maximum atomic E-state index is 12.4. The van der Waals surface area contributed by atoms with Crippen LogP contribution in [0.25, 0.3) is 0 Å². The highest BCUT2D eigenvalue weighted by Gasteiger charge is 2.32. The molecule has 0 spiro atoms. The van der Waals surface area contributed by atoms with Gasteiger partial charge in [0.05, 0.1) is 11.5 Å². The summed E-state index contributed by atoms with van der Waals surface area (Å²) in [5.74, 6) is 0.795. The molecule has 7 nitrogen and oxygen atoms in total. The van der Waals surface area contributed by atoms with Crippen LogP contribution in [0.15, 0.2) is 24.3 Å². The summed E-state index contributed by atoms with van der Waals surface area (Å²) in [6, 6.07) is 5.51. The third-order valence-electron chi connectivity index (χ3n) is 5.36. The lowest BCUT2D eigenvalue weighted by Crippen LogP contribution is -2.48. The number of hydrogen-bond donors (Lipinski definition) is 1. The smallest absolute Gasteiger partial charge is 0.270 e. The van der Waals surface area contributed by atoms with E-state index in [0.717, 1.165) is 25.4 Å². The van der Waals surface area contributed by atoms with Gasteiger partial charge >= 0.3 is 0 Å². The Morgan fingerprint density at radius 3 is 2.72 bits per heavy atom. The van der Waals surface area contributed by atoms with E-state index in [4.69, 9.17) is 0 Å². The predicted molar refractivity (Wildman–Crippen MR) is 92.1 cm³/mol. The highest BCUT2D eigenvalue weighted by Crippen LogP contribution is 2.35. The Bertz CT molecular complexity index is 676. The monoisotopic (exact) mass is 345 g/mol. The fourth-order valence-corrected chi connectivity index (χ4v) is 3.96. The quantitative estimate of drug-likeness (QED) is 0.670. The van der Waals surface area contributed by atoms with Gasteiger partial charge in [0.25, 0.3) is 11.6 Å². The van der Waals surface area contributed by atoms with E-state index in [9.17, 15) is 19.7 Å². The normalized spacial score (nSPS) is 22.8. The van der Waals surface area contributed by atoms with Crippen molar-refractivity contribution < 1.29 is 14.5 Å². The number of nitrogens with zero attached hydrogens (tertiary/aromatic N) is 2. The van der Waals surface area contributed by atoms with Crippen molar-refractivity contribution in [3.05, 3.63) is 39.9 Å². The number of nitrogens with one attached hydrogen (secondary N) is 1. The summed E-state index contributed by atoms with van der Waals surface area (Å²) >= 11 is 0. The first kappa shape index (κ1) is 17.4. The maximum Gasteiger partial charge on any atom is 0.270 e. The first-order valence-electron chi connectivity index (χ1n) is 8.85. The van der Waals surface area contributed by atoms with Gasteiger partial charge < -0.3 is 10.2 Å². The molecule has 2 amide bonds. The molecule has 0 unspecified atom stereocenters. The second kappa shape index (κ2) is 7.63. The molecule has 7 heteroatoms. The van der Waals surface area contributed by atoms with Crippen molar-refractivity contribution in [3.63, 3.8) is 0 Å². The lowest BCUT2D eigenvalue weighted by Gasteiger charge is -2.41. The Hall–Kier alpha value is -2.44. The van der Waals surface area contributed by atoms with E-state index in [1.165, 1.54) is 49.9 Å². The number of carbonyl (C=O) groups excluding carboxylic acids is 2. The van der Waals surface area contributed by atoms with Crippen LogP contribution in [0, 0.1) is 22.0 Å². The topological polar surface area (TPSA) is 92.6 Å². The second-order valence-electron chi connectivity index (χ2n) is 6.92. The van der Waals surface area contributed by atoms with Gasteiger partial charge in [0, 0.05) is 30.8 Å². The zero-order chi connectivity index (χ0) is 17.8. The number of fused-ring (bicyclic) bond motifs is 1. The minimum atomic E-state index is -0.545. The molecule has 1 aliphatic carbocycles. The lowest BCUT2D eigenvalue weighted by molar-refractivity contribution is -0.384. The number of benzene rings is 1. The van der Waals surface area contributed by atoms with E-state index >= 15 is 0 Å². The van der Waals surface area contributed by atoms with Crippen LogP contribution in [0.1, 0.15) is 42.5 Å². The van der Waals surface area contributed by atoms with Gasteiger partial charge in [-0.2, -0.15) is 0 Å². The van der Waals surface area contributed by atoms with Crippen LogP contribution in [0.4, 0.5) is 5.69 Å². The molecule has 1 N–H and O–H groups in total. The molecule has 1 aromatic rings. The molecule has 1 saturated heterocycles. The zero-order valence-corrected chi connectivity index (χ0v) is 14.1. The minimum absolute atomic E-state index is 0.0705. The summed E-state index contributed by atoms with van der Waals surface area (Å²) < 4.78 is 0. The predicted octanol–water partition coefficient (Wildman–Crippen LogP) is 2.36. The number of rotatable bonds is 4. The highest BCUT2D eigenvalue weighted by molar-refractivity contribution is 5.96. The number of hydrogen-bond acceptors (Lipinski definition) is 4. The van der Waals surface area contributed by atoms with Crippen molar-refractivity contribution in [2.45, 2.75) is 32.1 Å². The average molecular weight is 345 g/mol. The molecule has 0 bridgehead atoms. The van der Waals surface area contributed by atoms with Gasteiger partial charge in [-0.05, 0) is 30.7 Å². The Kier molecular flexibility index (Phi) is 5.31. The molecule has 134 valence electrons. The number of nitro groups is 1. The van der Waals surface area contributed by atoms with E-state index in [1.54, 1.807) is 0 Å². The van der Waals surface area contributed by atoms with Crippen molar-refractivity contribution in [3.8, 4) is 0 Å². The molecule has 1 saturated carbocycles. The summed E-state index contributed by atoms with van der Waals surface area (Å²) in [5.41, 5.74) is 0.0475. The highest BCUT2D eigenvalue weighted by atomic mass is 16.6. The molecule has 2 aliphatic rings. The maximum absolute atomic E-state index is 12.4. The first-order valence-corrected chi connectivity index (χ1v) is 8.85. The molecule has 0 radical (unpaired) electrons. The third kappa shape index (κ3) is 4.15. The molecular formula is C18H23N3O4. The molecule has 2 atom stereocenters.